The number of unbranched alkanes of at least 4 members (excludes halogenated alkanes) is 4. The number of nitrogens with two attached hydrogens (primary N) is 1. The Morgan fingerprint density at radius 3 is 2.43 bits per heavy atom. The molecule has 0 spiro atoms. The largest absolute Gasteiger partial charge is 0.271 e. The molecule has 0 amide bonds. The van der Waals surface area contributed by atoms with Gasteiger partial charge in [-0.15, -0.1) is 0 Å². The predicted octanol–water partition coefficient (Wildman–Crippen LogP) is 2.83. The van der Waals surface area contributed by atoms with Crippen LogP contribution in [0, 0.1) is 11.8 Å². The molecule has 0 heterocycles. The fourth-order valence-corrected chi connectivity index (χ4v) is 2.30. The van der Waals surface area contributed by atoms with Gasteiger partial charge in [-0.05, 0) is 24.7 Å². The Labute approximate surface area is 88.6 Å². The van der Waals surface area contributed by atoms with Gasteiger partial charge in [0.05, 0.1) is 0 Å². The highest BCUT2D eigenvalue weighted by atomic mass is 15.2. The van der Waals surface area contributed by atoms with E-state index >= 15 is 0 Å². The van der Waals surface area contributed by atoms with E-state index in [1.807, 2.05) is 0 Å². The normalized spacial score (nSPS) is 27.6. The molecule has 0 saturated heterocycles. The summed E-state index contributed by atoms with van der Waals surface area (Å²) in [6, 6.07) is 0.589. The quantitative estimate of drug-likeness (QED) is 0.357. The second kappa shape index (κ2) is 6.41. The van der Waals surface area contributed by atoms with Crippen LogP contribution in [-0.4, -0.2) is 6.04 Å². The lowest BCUT2D eigenvalue weighted by atomic mass is 10.0. The molecule has 84 valence electrons. The molecule has 1 aliphatic rings. The highest BCUT2D eigenvalue weighted by molar-refractivity contribution is 4.91. The maximum atomic E-state index is 5.57. The van der Waals surface area contributed by atoms with Crippen LogP contribution in [0.2, 0.25) is 0 Å². The minimum Gasteiger partial charge on any atom is -0.271 e. The van der Waals surface area contributed by atoms with Crippen molar-refractivity contribution in [3.8, 4) is 0 Å². The lowest BCUT2D eigenvalue weighted by Gasteiger charge is -2.15. The number of hydrogen-bond donors (Lipinski definition) is 2. The fraction of sp³-hybridized carbons (Fsp3) is 1.00. The average molecular weight is 198 g/mol. The van der Waals surface area contributed by atoms with Gasteiger partial charge in [-0.3, -0.25) is 11.3 Å². The van der Waals surface area contributed by atoms with E-state index in [4.69, 9.17) is 5.84 Å². The summed E-state index contributed by atoms with van der Waals surface area (Å²) in [5.41, 5.74) is 2.99. The third-order valence-corrected chi connectivity index (χ3v) is 3.52. The smallest absolute Gasteiger partial charge is 0.0241 e. The Kier molecular flexibility index (Phi) is 5.49. The summed E-state index contributed by atoms with van der Waals surface area (Å²) in [5, 5.41) is 0. The molecular weight excluding hydrogens is 172 g/mol. The summed E-state index contributed by atoms with van der Waals surface area (Å²) >= 11 is 0. The van der Waals surface area contributed by atoms with E-state index < -0.39 is 0 Å². The van der Waals surface area contributed by atoms with Gasteiger partial charge < -0.3 is 0 Å². The molecule has 1 fully saturated rings. The molecule has 1 aliphatic carbocycles. The molecule has 1 saturated carbocycles. The van der Waals surface area contributed by atoms with Crippen LogP contribution in [0.1, 0.15) is 58.8 Å². The van der Waals surface area contributed by atoms with Crippen molar-refractivity contribution < 1.29 is 0 Å². The Morgan fingerprint density at radius 1 is 1.29 bits per heavy atom. The second-order valence-corrected chi connectivity index (χ2v) is 4.85. The SMILES string of the molecule is CCCCCCCC(NN)C1CC1C. The van der Waals surface area contributed by atoms with Crippen molar-refractivity contribution in [3.63, 3.8) is 0 Å². The second-order valence-electron chi connectivity index (χ2n) is 4.85. The van der Waals surface area contributed by atoms with Crippen LogP contribution in [0.4, 0.5) is 0 Å². The summed E-state index contributed by atoms with van der Waals surface area (Å²) in [7, 11) is 0. The molecule has 0 bridgehead atoms. The van der Waals surface area contributed by atoms with Crippen LogP contribution in [0.3, 0.4) is 0 Å². The molecule has 3 N–H and O–H groups in total. The van der Waals surface area contributed by atoms with Crippen molar-refractivity contribution in [1.82, 2.24) is 5.43 Å². The van der Waals surface area contributed by atoms with E-state index in [9.17, 15) is 0 Å². The number of rotatable bonds is 8. The molecule has 0 radical (unpaired) electrons. The lowest BCUT2D eigenvalue weighted by molar-refractivity contribution is 0.410. The summed E-state index contributed by atoms with van der Waals surface area (Å²) in [6.45, 7) is 4.59. The van der Waals surface area contributed by atoms with Crippen LogP contribution in [0.25, 0.3) is 0 Å². The van der Waals surface area contributed by atoms with E-state index in [1.165, 1.54) is 44.9 Å². The molecule has 0 aliphatic heterocycles. The first-order valence-corrected chi connectivity index (χ1v) is 6.25. The number of nitrogens with one attached hydrogen (secondary N) is 1. The Balaban J connectivity index is 1.98. The molecule has 3 atom stereocenters. The molecular formula is C12H26N2. The van der Waals surface area contributed by atoms with E-state index in [0.717, 1.165) is 11.8 Å². The topological polar surface area (TPSA) is 38.0 Å². The van der Waals surface area contributed by atoms with Gasteiger partial charge in [0.2, 0.25) is 0 Å². The van der Waals surface area contributed by atoms with Crippen molar-refractivity contribution in [2.75, 3.05) is 0 Å². The van der Waals surface area contributed by atoms with Gasteiger partial charge in [0.25, 0.3) is 0 Å². The van der Waals surface area contributed by atoms with Crippen molar-refractivity contribution in [2.24, 2.45) is 17.7 Å². The van der Waals surface area contributed by atoms with Crippen LogP contribution in [-0.2, 0) is 0 Å². The minimum absolute atomic E-state index is 0.589. The highest BCUT2D eigenvalue weighted by Gasteiger charge is 2.38. The highest BCUT2D eigenvalue weighted by Crippen LogP contribution is 2.41. The molecule has 0 aromatic heterocycles. The first kappa shape index (κ1) is 12.0. The van der Waals surface area contributed by atoms with Gasteiger partial charge in [0.1, 0.15) is 0 Å². The predicted molar refractivity (Wildman–Crippen MR) is 61.8 cm³/mol. The van der Waals surface area contributed by atoms with Crippen LogP contribution in [0.15, 0.2) is 0 Å². The van der Waals surface area contributed by atoms with E-state index in [0.29, 0.717) is 6.04 Å². The van der Waals surface area contributed by atoms with E-state index in [-0.39, 0.29) is 0 Å². The standard InChI is InChI=1S/C12H26N2/c1-3-4-5-6-7-8-12(14-13)11-9-10(11)2/h10-12,14H,3-9,13H2,1-2H3. The molecule has 3 unspecified atom stereocenters. The average Bonchev–Trinajstić information content (AvgIpc) is 2.89. The fourth-order valence-electron chi connectivity index (χ4n) is 2.30. The zero-order valence-corrected chi connectivity index (χ0v) is 9.76. The summed E-state index contributed by atoms with van der Waals surface area (Å²) < 4.78 is 0. The van der Waals surface area contributed by atoms with Gasteiger partial charge in [0.15, 0.2) is 0 Å². The molecule has 0 aromatic carbocycles. The Hall–Kier alpha value is -0.0800. The van der Waals surface area contributed by atoms with Gasteiger partial charge in [0, 0.05) is 6.04 Å². The molecule has 14 heavy (non-hydrogen) atoms. The lowest BCUT2D eigenvalue weighted by Crippen LogP contribution is -2.37. The van der Waals surface area contributed by atoms with Crippen molar-refractivity contribution in [1.29, 1.82) is 0 Å². The van der Waals surface area contributed by atoms with Gasteiger partial charge >= 0.3 is 0 Å². The van der Waals surface area contributed by atoms with Crippen LogP contribution >= 0.6 is 0 Å². The Bertz CT molecular complexity index is 147. The number of hydrogen-bond acceptors (Lipinski definition) is 2. The zero-order valence-electron chi connectivity index (χ0n) is 9.76. The van der Waals surface area contributed by atoms with Gasteiger partial charge in [-0.1, -0.05) is 46.0 Å². The Morgan fingerprint density at radius 2 is 1.93 bits per heavy atom. The molecule has 0 aromatic rings. The third-order valence-electron chi connectivity index (χ3n) is 3.52. The van der Waals surface area contributed by atoms with Crippen LogP contribution < -0.4 is 11.3 Å². The van der Waals surface area contributed by atoms with Crippen LogP contribution in [0.5, 0.6) is 0 Å². The third kappa shape index (κ3) is 3.97. The van der Waals surface area contributed by atoms with Crippen molar-refractivity contribution in [2.45, 2.75) is 64.8 Å². The van der Waals surface area contributed by atoms with E-state index in [1.54, 1.807) is 0 Å². The first-order chi connectivity index (χ1) is 6.79. The molecule has 1 rings (SSSR count). The molecule has 2 heteroatoms. The monoisotopic (exact) mass is 198 g/mol. The zero-order chi connectivity index (χ0) is 10.4. The summed E-state index contributed by atoms with van der Waals surface area (Å²) in [5.74, 6) is 7.34. The minimum atomic E-state index is 0.589. The maximum Gasteiger partial charge on any atom is 0.0241 e. The summed E-state index contributed by atoms with van der Waals surface area (Å²) in [4.78, 5) is 0. The van der Waals surface area contributed by atoms with Crippen molar-refractivity contribution >= 4 is 0 Å². The van der Waals surface area contributed by atoms with Crippen molar-refractivity contribution in [3.05, 3.63) is 0 Å². The first-order valence-electron chi connectivity index (χ1n) is 6.25. The maximum absolute atomic E-state index is 5.57. The van der Waals surface area contributed by atoms with Gasteiger partial charge in [-0.2, -0.15) is 0 Å². The molecule has 2 nitrogen and oxygen atoms in total. The van der Waals surface area contributed by atoms with Gasteiger partial charge in [-0.25, -0.2) is 0 Å². The number of hydrazine groups is 1. The summed E-state index contributed by atoms with van der Waals surface area (Å²) in [6.07, 6.45) is 9.50. The van der Waals surface area contributed by atoms with E-state index in [2.05, 4.69) is 19.3 Å².